The summed E-state index contributed by atoms with van der Waals surface area (Å²) < 4.78 is 0. The van der Waals surface area contributed by atoms with Gasteiger partial charge in [0.2, 0.25) is 0 Å². The summed E-state index contributed by atoms with van der Waals surface area (Å²) in [7, 11) is 0. The number of rotatable bonds is 4. The van der Waals surface area contributed by atoms with E-state index >= 15 is 0 Å². The second kappa shape index (κ2) is 16.9. The van der Waals surface area contributed by atoms with Crippen molar-refractivity contribution < 1.29 is 0 Å². The number of hydrogen-bond acceptors (Lipinski definition) is 0. The number of unbranched alkanes of at least 4 members (excludes halogenated alkanes) is 2. The van der Waals surface area contributed by atoms with Crippen LogP contribution in [0.3, 0.4) is 0 Å². The van der Waals surface area contributed by atoms with Crippen LogP contribution in [0.25, 0.3) is 21.5 Å². The minimum Gasteiger partial charge on any atom is -0.0654 e. The molecule has 0 nitrogen and oxygen atoms in total. The molecule has 0 amide bonds. The van der Waals surface area contributed by atoms with Crippen molar-refractivity contribution in [2.45, 2.75) is 92.9 Å². The molecule has 0 aliphatic carbocycles. The van der Waals surface area contributed by atoms with E-state index in [-0.39, 0.29) is 0 Å². The van der Waals surface area contributed by atoms with Crippen molar-refractivity contribution in [2.24, 2.45) is 0 Å². The highest BCUT2D eigenvalue weighted by Gasteiger charge is 2.02. The van der Waals surface area contributed by atoms with E-state index in [4.69, 9.17) is 0 Å². The summed E-state index contributed by atoms with van der Waals surface area (Å²) in [6.07, 6.45) is 5.28. The summed E-state index contributed by atoms with van der Waals surface area (Å²) in [5, 5.41) is 5.40. The minimum absolute atomic E-state index is 0.603. The number of hydrogen-bond donors (Lipinski definition) is 0. The van der Waals surface area contributed by atoms with Gasteiger partial charge >= 0.3 is 0 Å². The van der Waals surface area contributed by atoms with Crippen LogP contribution < -0.4 is 0 Å². The van der Waals surface area contributed by atoms with Crippen molar-refractivity contribution in [2.75, 3.05) is 0 Å². The Morgan fingerprint density at radius 3 is 1.50 bits per heavy atom. The molecule has 0 aromatic heterocycles. The maximum Gasteiger partial charge on any atom is -0.0149 e. The Kier molecular flexibility index (Phi) is 14.7. The van der Waals surface area contributed by atoms with Crippen molar-refractivity contribution in [3.05, 3.63) is 96.1 Å². The van der Waals surface area contributed by atoms with E-state index in [1.54, 1.807) is 0 Å². The van der Waals surface area contributed by atoms with Crippen molar-refractivity contribution >= 4 is 21.5 Å². The van der Waals surface area contributed by atoms with E-state index in [1.807, 2.05) is 0 Å². The van der Waals surface area contributed by atoms with Crippen LogP contribution in [0.5, 0.6) is 0 Å². The Labute approximate surface area is 210 Å². The Morgan fingerprint density at radius 1 is 0.471 bits per heavy atom. The molecule has 0 bridgehead atoms. The van der Waals surface area contributed by atoms with Crippen LogP contribution in [-0.2, 0) is 0 Å². The molecule has 0 spiro atoms. The summed E-state index contributed by atoms with van der Waals surface area (Å²) >= 11 is 0. The standard InChI is InChI=1S/2C13H14.2C4H10/c1-10(2)12-9-5-7-11-6-3-4-8-13(11)12;1-10(2)12-8-7-11-5-3-4-6-13(11)9-12;2*1-3-4-2/h2*3-10H,1-2H3;2*3-4H2,1-2H3. The van der Waals surface area contributed by atoms with Crippen LogP contribution in [0.1, 0.15) is 104 Å². The van der Waals surface area contributed by atoms with Crippen molar-refractivity contribution in [1.82, 2.24) is 0 Å². The van der Waals surface area contributed by atoms with Crippen LogP contribution in [-0.4, -0.2) is 0 Å². The van der Waals surface area contributed by atoms with Crippen LogP contribution in [0, 0.1) is 0 Å². The quantitative estimate of drug-likeness (QED) is 0.286. The molecule has 0 unspecified atom stereocenters. The Morgan fingerprint density at radius 2 is 0.971 bits per heavy atom. The molecule has 0 saturated carbocycles. The molecule has 0 aliphatic heterocycles. The van der Waals surface area contributed by atoms with E-state index in [0.29, 0.717) is 11.8 Å². The molecule has 34 heavy (non-hydrogen) atoms. The summed E-state index contributed by atoms with van der Waals surface area (Å²) in [6.45, 7) is 17.7. The second-order valence-corrected chi connectivity index (χ2v) is 9.48. The van der Waals surface area contributed by atoms with E-state index in [9.17, 15) is 0 Å². The zero-order chi connectivity index (χ0) is 25.3. The van der Waals surface area contributed by atoms with Gasteiger partial charge in [-0.15, -0.1) is 0 Å². The first-order valence-corrected chi connectivity index (χ1v) is 13.4. The summed E-state index contributed by atoms with van der Waals surface area (Å²) in [6, 6.07) is 30.3. The topological polar surface area (TPSA) is 0 Å². The smallest absolute Gasteiger partial charge is 0.0149 e. The van der Waals surface area contributed by atoms with Gasteiger partial charge in [0, 0.05) is 0 Å². The summed E-state index contributed by atoms with van der Waals surface area (Å²) in [5.41, 5.74) is 2.86. The Balaban J connectivity index is 0.000000261. The van der Waals surface area contributed by atoms with Gasteiger partial charge < -0.3 is 0 Å². The molecule has 4 aromatic carbocycles. The van der Waals surface area contributed by atoms with E-state index in [0.717, 1.165) is 0 Å². The lowest BCUT2D eigenvalue weighted by Gasteiger charge is -2.08. The van der Waals surface area contributed by atoms with Gasteiger partial charge in [-0.2, -0.15) is 0 Å². The van der Waals surface area contributed by atoms with E-state index in [1.165, 1.54) is 58.4 Å². The fourth-order valence-corrected chi connectivity index (χ4v) is 3.32. The first-order chi connectivity index (χ1) is 16.4. The maximum absolute atomic E-state index is 2.28. The van der Waals surface area contributed by atoms with Gasteiger partial charge in [-0.1, -0.05) is 166 Å². The third-order valence-electron chi connectivity index (χ3n) is 5.89. The first kappa shape index (κ1) is 29.4. The molecule has 0 saturated heterocycles. The predicted octanol–water partition coefficient (Wildman–Crippen LogP) is 11.5. The molecule has 0 radical (unpaired) electrons. The molecule has 0 N–H and O–H groups in total. The number of benzene rings is 4. The van der Waals surface area contributed by atoms with Gasteiger partial charge in [-0.05, 0) is 44.5 Å². The Hall–Kier alpha value is -2.60. The predicted molar refractivity (Wildman–Crippen MR) is 157 cm³/mol. The fraction of sp³-hybridized carbons (Fsp3) is 0.412. The van der Waals surface area contributed by atoms with Crippen molar-refractivity contribution in [3.63, 3.8) is 0 Å². The van der Waals surface area contributed by atoms with Crippen LogP contribution in [0.2, 0.25) is 0 Å². The monoisotopic (exact) mass is 456 g/mol. The minimum atomic E-state index is 0.603. The van der Waals surface area contributed by atoms with E-state index in [2.05, 4.69) is 140 Å². The van der Waals surface area contributed by atoms with Gasteiger partial charge in [-0.25, -0.2) is 0 Å². The average molecular weight is 457 g/mol. The largest absolute Gasteiger partial charge is 0.0654 e. The SMILES string of the molecule is CC(C)c1ccc2ccccc2c1.CC(C)c1cccc2ccccc12.CCCC.CCCC. The second-order valence-electron chi connectivity index (χ2n) is 9.48. The summed E-state index contributed by atoms with van der Waals surface area (Å²) in [4.78, 5) is 0. The zero-order valence-electron chi connectivity index (χ0n) is 23.1. The lowest BCUT2D eigenvalue weighted by molar-refractivity contribution is 0.869. The normalized spacial score (nSPS) is 10.2. The first-order valence-electron chi connectivity index (χ1n) is 13.4. The number of fused-ring (bicyclic) bond motifs is 2. The average Bonchev–Trinajstić information content (AvgIpc) is 2.88. The van der Waals surface area contributed by atoms with Crippen LogP contribution in [0.15, 0.2) is 84.9 Å². The fourth-order valence-electron chi connectivity index (χ4n) is 3.32. The molecule has 0 heteroatoms. The van der Waals surface area contributed by atoms with Gasteiger partial charge in [0.15, 0.2) is 0 Å². The third kappa shape index (κ3) is 10.1. The van der Waals surface area contributed by atoms with Crippen molar-refractivity contribution in [1.29, 1.82) is 0 Å². The van der Waals surface area contributed by atoms with Crippen molar-refractivity contribution in [3.8, 4) is 0 Å². The maximum atomic E-state index is 2.28. The van der Waals surface area contributed by atoms with E-state index < -0.39 is 0 Å². The van der Waals surface area contributed by atoms with Gasteiger partial charge in [-0.3, -0.25) is 0 Å². The molecule has 4 aromatic rings. The highest BCUT2D eigenvalue weighted by atomic mass is 14.1. The zero-order valence-corrected chi connectivity index (χ0v) is 23.1. The van der Waals surface area contributed by atoms with Gasteiger partial charge in [0.05, 0.1) is 0 Å². The van der Waals surface area contributed by atoms with Crippen LogP contribution >= 0.6 is 0 Å². The molecule has 0 atom stereocenters. The molecule has 184 valence electrons. The molecule has 0 aliphatic rings. The lowest BCUT2D eigenvalue weighted by Crippen LogP contribution is -1.88. The molecular formula is C34H48. The Bertz CT molecular complexity index is 1040. The molecule has 0 fully saturated rings. The molecule has 0 heterocycles. The third-order valence-corrected chi connectivity index (χ3v) is 5.89. The lowest BCUT2D eigenvalue weighted by atomic mass is 9.96. The highest BCUT2D eigenvalue weighted by Crippen LogP contribution is 2.24. The molecule has 4 rings (SSSR count). The molecular weight excluding hydrogens is 408 g/mol. The van der Waals surface area contributed by atoms with Crippen LogP contribution in [0.4, 0.5) is 0 Å². The summed E-state index contributed by atoms with van der Waals surface area (Å²) in [5.74, 6) is 1.22. The highest BCUT2D eigenvalue weighted by molar-refractivity contribution is 5.86. The van der Waals surface area contributed by atoms with Gasteiger partial charge in [0.1, 0.15) is 0 Å². The van der Waals surface area contributed by atoms with Gasteiger partial charge in [0.25, 0.3) is 0 Å².